The van der Waals surface area contributed by atoms with Gasteiger partial charge in [-0.1, -0.05) is 12.2 Å². The smallest absolute Gasteiger partial charge is 0.169 e. The molecule has 4 rings (SSSR count). The van der Waals surface area contributed by atoms with Crippen molar-refractivity contribution < 1.29 is 14.3 Å². The highest BCUT2D eigenvalue weighted by atomic mass is 16.6. The van der Waals surface area contributed by atoms with Crippen molar-refractivity contribution in [2.24, 2.45) is 23.7 Å². The topological polar surface area (TPSA) is 46.7 Å². The van der Waals surface area contributed by atoms with Crippen molar-refractivity contribution in [2.75, 3.05) is 0 Å². The fourth-order valence-corrected chi connectivity index (χ4v) is 3.52. The molecule has 1 aliphatic heterocycles. The first-order valence-corrected chi connectivity index (χ1v) is 5.18. The Labute approximate surface area is 81.1 Å². The number of carbonyl (C=O) groups is 2. The van der Waals surface area contributed by atoms with E-state index in [9.17, 15) is 9.59 Å². The lowest BCUT2D eigenvalue weighted by Gasteiger charge is -2.27. The third-order valence-electron chi connectivity index (χ3n) is 4.17. The summed E-state index contributed by atoms with van der Waals surface area (Å²) in [5.74, 6) is 0.952. The van der Waals surface area contributed by atoms with Gasteiger partial charge < -0.3 is 4.74 Å². The van der Waals surface area contributed by atoms with Gasteiger partial charge in [-0.15, -0.1) is 0 Å². The Bertz CT molecular complexity index is 350. The molecule has 2 bridgehead atoms. The third kappa shape index (κ3) is 0.630. The molecule has 0 radical (unpaired) electrons. The van der Waals surface area contributed by atoms with Crippen LogP contribution in [-0.2, 0) is 14.3 Å². The quantitative estimate of drug-likeness (QED) is 0.409. The number of ether oxygens (including phenoxy) is 1. The van der Waals surface area contributed by atoms with Crippen molar-refractivity contribution in [3.05, 3.63) is 12.2 Å². The van der Waals surface area contributed by atoms with Gasteiger partial charge in [0, 0.05) is 11.8 Å². The van der Waals surface area contributed by atoms with Crippen LogP contribution in [0.1, 0.15) is 6.42 Å². The highest BCUT2D eigenvalue weighted by Gasteiger charge is 2.66. The molecule has 0 aromatic rings. The van der Waals surface area contributed by atoms with Crippen molar-refractivity contribution in [1.29, 1.82) is 0 Å². The van der Waals surface area contributed by atoms with Crippen molar-refractivity contribution in [3.8, 4) is 0 Å². The summed E-state index contributed by atoms with van der Waals surface area (Å²) in [7, 11) is 0. The van der Waals surface area contributed by atoms with Crippen LogP contribution >= 0.6 is 0 Å². The molecule has 4 aliphatic rings. The minimum atomic E-state index is -0.364. The van der Waals surface area contributed by atoms with E-state index in [4.69, 9.17) is 4.74 Å². The first-order valence-electron chi connectivity index (χ1n) is 5.18. The van der Waals surface area contributed by atoms with Crippen molar-refractivity contribution in [2.45, 2.75) is 18.6 Å². The molecule has 3 fully saturated rings. The van der Waals surface area contributed by atoms with Crippen molar-refractivity contribution in [3.63, 3.8) is 0 Å². The molecular formula is C11H10O3. The molecule has 0 spiro atoms. The number of allylic oxidation sites excluding steroid dienone is 2. The van der Waals surface area contributed by atoms with E-state index in [0.717, 1.165) is 6.42 Å². The van der Waals surface area contributed by atoms with E-state index in [1.54, 1.807) is 0 Å². The zero-order valence-corrected chi connectivity index (χ0v) is 7.55. The predicted octanol–water partition coefficient (Wildman–Crippen LogP) is 0.344. The molecule has 6 atom stereocenters. The fraction of sp³-hybridized carbons (Fsp3) is 0.636. The molecule has 1 heterocycles. The van der Waals surface area contributed by atoms with E-state index in [0.29, 0.717) is 11.8 Å². The SMILES string of the molecule is O=C1[C@@H]2[C@H](C(=O)[C@@H]3O[C@H]13)[C@@H]1C=C[C@H]2C1. The lowest BCUT2D eigenvalue weighted by molar-refractivity contribution is -0.135. The summed E-state index contributed by atoms with van der Waals surface area (Å²) >= 11 is 0. The van der Waals surface area contributed by atoms with Gasteiger partial charge in [-0.2, -0.15) is 0 Å². The maximum Gasteiger partial charge on any atom is 0.169 e. The summed E-state index contributed by atoms with van der Waals surface area (Å²) in [6, 6.07) is 0. The first-order chi connectivity index (χ1) is 6.77. The second kappa shape index (κ2) is 2.01. The highest BCUT2D eigenvalue weighted by molar-refractivity contribution is 6.06. The van der Waals surface area contributed by atoms with E-state index in [2.05, 4.69) is 12.2 Å². The average molecular weight is 190 g/mol. The molecule has 3 nitrogen and oxygen atoms in total. The third-order valence-corrected chi connectivity index (χ3v) is 4.17. The summed E-state index contributed by atoms with van der Waals surface area (Å²) in [4.78, 5) is 23.7. The second-order valence-corrected chi connectivity index (χ2v) is 4.78. The van der Waals surface area contributed by atoms with E-state index in [1.807, 2.05) is 0 Å². The van der Waals surface area contributed by atoms with Gasteiger partial charge in [-0.25, -0.2) is 0 Å². The van der Waals surface area contributed by atoms with E-state index in [-0.39, 0.29) is 35.6 Å². The maximum atomic E-state index is 11.9. The van der Waals surface area contributed by atoms with Crippen LogP contribution in [0.3, 0.4) is 0 Å². The molecule has 72 valence electrons. The van der Waals surface area contributed by atoms with Gasteiger partial charge in [0.25, 0.3) is 0 Å². The lowest BCUT2D eigenvalue weighted by Crippen LogP contribution is -2.43. The normalized spacial score (nSPS) is 57.4. The Morgan fingerprint density at radius 2 is 1.50 bits per heavy atom. The van der Waals surface area contributed by atoms with Crippen LogP contribution in [0.15, 0.2) is 12.2 Å². The van der Waals surface area contributed by atoms with Gasteiger partial charge in [0.1, 0.15) is 0 Å². The maximum absolute atomic E-state index is 11.9. The molecular weight excluding hydrogens is 180 g/mol. The molecule has 3 aliphatic carbocycles. The average Bonchev–Trinajstić information content (AvgIpc) is 2.74. The van der Waals surface area contributed by atoms with Gasteiger partial charge in [-0.05, 0) is 18.3 Å². The monoisotopic (exact) mass is 190 g/mol. The van der Waals surface area contributed by atoms with Crippen LogP contribution in [0.4, 0.5) is 0 Å². The molecule has 3 heteroatoms. The zero-order valence-electron chi connectivity index (χ0n) is 7.55. The highest BCUT2D eigenvalue weighted by Crippen LogP contribution is 2.54. The molecule has 1 saturated heterocycles. The molecule has 14 heavy (non-hydrogen) atoms. The lowest BCUT2D eigenvalue weighted by atomic mass is 9.72. The molecule has 0 N–H and O–H groups in total. The van der Waals surface area contributed by atoms with Crippen LogP contribution in [0.5, 0.6) is 0 Å². The largest absolute Gasteiger partial charge is 0.353 e. The van der Waals surface area contributed by atoms with Crippen molar-refractivity contribution >= 4 is 11.6 Å². The van der Waals surface area contributed by atoms with Crippen LogP contribution < -0.4 is 0 Å². The standard InChI is InChI=1S/C11H10O3/c12-8-6-4-1-2-5(3-4)7(6)9(13)11-10(8)14-11/h1-2,4-7,10-11H,3H2/t4-,5+,6-,7+,10+,11-. The second-order valence-electron chi connectivity index (χ2n) is 4.78. The fourth-order valence-electron chi connectivity index (χ4n) is 3.52. The van der Waals surface area contributed by atoms with Gasteiger partial charge in [0.15, 0.2) is 23.8 Å². The Morgan fingerprint density at radius 1 is 1.00 bits per heavy atom. The number of carbonyl (C=O) groups excluding carboxylic acids is 2. The van der Waals surface area contributed by atoms with Gasteiger partial charge in [0.2, 0.25) is 0 Å². The number of ketones is 2. The van der Waals surface area contributed by atoms with Gasteiger partial charge >= 0.3 is 0 Å². The number of hydrogen-bond donors (Lipinski definition) is 0. The number of hydrogen-bond acceptors (Lipinski definition) is 3. The number of epoxide rings is 1. The molecule has 0 unspecified atom stereocenters. The molecule has 0 amide bonds. The molecule has 0 aromatic heterocycles. The number of Topliss-reactive ketones (excluding diaryl/α,β-unsaturated/α-hetero) is 2. The summed E-state index contributed by atoms with van der Waals surface area (Å²) < 4.78 is 5.14. The summed E-state index contributed by atoms with van der Waals surface area (Å²) in [5.41, 5.74) is 0. The first kappa shape index (κ1) is 7.35. The molecule has 0 aromatic carbocycles. The minimum absolute atomic E-state index is 0.0405. The Balaban J connectivity index is 1.84. The number of fused-ring (bicyclic) bond motifs is 6. The molecule has 2 saturated carbocycles. The van der Waals surface area contributed by atoms with E-state index >= 15 is 0 Å². The number of rotatable bonds is 0. The van der Waals surface area contributed by atoms with E-state index in [1.165, 1.54) is 0 Å². The van der Waals surface area contributed by atoms with Crippen LogP contribution in [0, 0.1) is 23.7 Å². The zero-order chi connectivity index (χ0) is 9.45. The van der Waals surface area contributed by atoms with Crippen LogP contribution in [0.25, 0.3) is 0 Å². The van der Waals surface area contributed by atoms with Crippen molar-refractivity contribution in [1.82, 2.24) is 0 Å². The van der Waals surface area contributed by atoms with Crippen LogP contribution in [0.2, 0.25) is 0 Å². The van der Waals surface area contributed by atoms with E-state index < -0.39 is 0 Å². The minimum Gasteiger partial charge on any atom is -0.353 e. The predicted molar refractivity (Wildman–Crippen MR) is 46.4 cm³/mol. The van der Waals surface area contributed by atoms with Gasteiger partial charge in [0.05, 0.1) is 0 Å². The Morgan fingerprint density at radius 3 is 2.00 bits per heavy atom. The Kier molecular flexibility index (Phi) is 1.05. The summed E-state index contributed by atoms with van der Waals surface area (Å²) in [6.45, 7) is 0. The summed E-state index contributed by atoms with van der Waals surface area (Å²) in [6.07, 6.45) is 4.50. The Hall–Kier alpha value is -0.960. The van der Waals surface area contributed by atoms with Crippen LogP contribution in [-0.4, -0.2) is 23.8 Å². The van der Waals surface area contributed by atoms with Gasteiger partial charge in [-0.3, -0.25) is 9.59 Å². The summed E-state index contributed by atoms with van der Waals surface area (Å²) in [5, 5.41) is 0.